The number of anilines is 1. The van der Waals surface area contributed by atoms with Gasteiger partial charge in [0.2, 0.25) is 0 Å². The van der Waals surface area contributed by atoms with Gasteiger partial charge in [0.15, 0.2) is 0 Å². The largest absolute Gasteiger partial charge is 0.463 e. The van der Waals surface area contributed by atoms with Crippen LogP contribution in [0.2, 0.25) is 0 Å². The number of likely N-dealkylation sites (tertiary alicyclic amines) is 1. The van der Waals surface area contributed by atoms with Crippen LogP contribution in [0.4, 0.5) is 10.6 Å². The van der Waals surface area contributed by atoms with Crippen molar-refractivity contribution >= 4 is 24.0 Å². The van der Waals surface area contributed by atoms with Crippen molar-refractivity contribution < 1.29 is 19.1 Å². The van der Waals surface area contributed by atoms with Crippen molar-refractivity contribution in [2.75, 3.05) is 24.6 Å². The Hall–Kier alpha value is -3.19. The Morgan fingerprint density at radius 3 is 2.53 bits per heavy atom. The Labute approximate surface area is 202 Å². The number of hydrogen-bond donors (Lipinski definition) is 0. The van der Waals surface area contributed by atoms with Crippen LogP contribution in [0.3, 0.4) is 0 Å². The summed E-state index contributed by atoms with van der Waals surface area (Å²) in [5, 5.41) is 0. The van der Waals surface area contributed by atoms with E-state index in [2.05, 4.69) is 41.1 Å². The number of ether oxygens (including phenoxy) is 2. The van der Waals surface area contributed by atoms with Crippen LogP contribution in [0.1, 0.15) is 50.8 Å². The third-order valence-electron chi connectivity index (χ3n) is 5.45. The number of aromatic nitrogens is 1. The summed E-state index contributed by atoms with van der Waals surface area (Å²) in [6.07, 6.45) is 5.08. The predicted octanol–water partition coefficient (Wildman–Crippen LogP) is 4.98. The van der Waals surface area contributed by atoms with Gasteiger partial charge in [0.05, 0.1) is 12.6 Å². The van der Waals surface area contributed by atoms with Crippen LogP contribution in [0.15, 0.2) is 48.7 Å². The normalized spacial score (nSPS) is 16.6. The topological polar surface area (TPSA) is 72.0 Å². The fraction of sp³-hybridized carbons (Fsp3) is 0.444. The van der Waals surface area contributed by atoms with Gasteiger partial charge in [-0.15, -0.1) is 0 Å². The maximum Gasteiger partial charge on any atom is 0.416 e. The number of hydrogen-bond acceptors (Lipinski definition) is 6. The molecule has 2 aromatic rings. The molecule has 3 rings (SSSR count). The molecule has 1 saturated heterocycles. The second kappa shape index (κ2) is 11.3. The highest BCUT2D eigenvalue weighted by Gasteiger charge is 2.35. The molecule has 0 saturated carbocycles. The standard InChI is InChI=1S/C27H35N3O4/c1-6-33-25(31)14-12-21-11-13-24(28-17-21)30(26(32)34-27(3,4)5)23-15-16-29(19-23)18-22-9-7-20(2)8-10-22/h7-14,17,23H,6,15-16,18-19H2,1-5H3/t23-/m1/s1. The number of aryl methyl sites for hydroxylation is 1. The minimum absolute atomic E-state index is 0.0475. The maximum atomic E-state index is 13.2. The first-order valence-electron chi connectivity index (χ1n) is 11.8. The molecule has 0 unspecified atom stereocenters. The zero-order valence-electron chi connectivity index (χ0n) is 20.8. The Balaban J connectivity index is 1.75. The monoisotopic (exact) mass is 465 g/mol. The number of carbonyl (C=O) groups is 2. The van der Waals surface area contributed by atoms with E-state index in [9.17, 15) is 9.59 Å². The first-order valence-corrected chi connectivity index (χ1v) is 11.8. The van der Waals surface area contributed by atoms with Crippen molar-refractivity contribution in [3.8, 4) is 0 Å². The van der Waals surface area contributed by atoms with Gasteiger partial charge in [-0.3, -0.25) is 9.80 Å². The lowest BCUT2D eigenvalue weighted by Crippen LogP contribution is -2.45. The van der Waals surface area contributed by atoms with Gasteiger partial charge in [-0.05, 0) is 70.4 Å². The van der Waals surface area contributed by atoms with Crippen LogP contribution in [-0.2, 0) is 20.8 Å². The molecule has 7 heteroatoms. The molecule has 0 N–H and O–H groups in total. The van der Waals surface area contributed by atoms with Crippen molar-refractivity contribution in [3.05, 3.63) is 65.4 Å². The molecule has 1 aliphatic rings. The molecule has 7 nitrogen and oxygen atoms in total. The number of rotatable bonds is 7. The third kappa shape index (κ3) is 7.42. The smallest absolute Gasteiger partial charge is 0.416 e. The van der Waals surface area contributed by atoms with E-state index in [0.29, 0.717) is 12.4 Å². The van der Waals surface area contributed by atoms with Crippen LogP contribution >= 0.6 is 0 Å². The quantitative estimate of drug-likeness (QED) is 0.424. The van der Waals surface area contributed by atoms with Crippen LogP contribution < -0.4 is 4.90 Å². The highest BCUT2D eigenvalue weighted by Crippen LogP contribution is 2.26. The van der Waals surface area contributed by atoms with Gasteiger partial charge >= 0.3 is 12.1 Å². The molecule has 1 fully saturated rings. The molecule has 1 atom stereocenters. The van der Waals surface area contributed by atoms with E-state index in [-0.39, 0.29) is 6.04 Å². The number of benzene rings is 1. The number of nitrogens with zero attached hydrogens (tertiary/aromatic N) is 3. The molecule has 1 aromatic carbocycles. The van der Waals surface area contributed by atoms with E-state index in [0.717, 1.165) is 31.6 Å². The second-order valence-corrected chi connectivity index (χ2v) is 9.55. The van der Waals surface area contributed by atoms with E-state index in [1.54, 1.807) is 30.2 Å². The summed E-state index contributed by atoms with van der Waals surface area (Å²) in [7, 11) is 0. The second-order valence-electron chi connectivity index (χ2n) is 9.55. The van der Waals surface area contributed by atoms with E-state index in [1.807, 2.05) is 26.8 Å². The van der Waals surface area contributed by atoms with Gasteiger partial charge in [0.1, 0.15) is 11.4 Å². The number of esters is 1. The predicted molar refractivity (Wildman–Crippen MR) is 133 cm³/mol. The average molecular weight is 466 g/mol. The van der Waals surface area contributed by atoms with Crippen molar-refractivity contribution in [3.63, 3.8) is 0 Å². The van der Waals surface area contributed by atoms with E-state index in [4.69, 9.17) is 9.47 Å². The van der Waals surface area contributed by atoms with Gasteiger partial charge in [-0.1, -0.05) is 29.8 Å². The minimum Gasteiger partial charge on any atom is -0.463 e. The first-order chi connectivity index (χ1) is 16.1. The molecule has 2 heterocycles. The van der Waals surface area contributed by atoms with Gasteiger partial charge in [0, 0.05) is 31.9 Å². The van der Waals surface area contributed by atoms with Crippen LogP contribution in [-0.4, -0.2) is 53.3 Å². The molecule has 182 valence electrons. The van der Waals surface area contributed by atoms with Gasteiger partial charge < -0.3 is 9.47 Å². The van der Waals surface area contributed by atoms with Gasteiger partial charge in [-0.25, -0.2) is 14.6 Å². The van der Waals surface area contributed by atoms with Crippen molar-refractivity contribution in [2.24, 2.45) is 0 Å². The lowest BCUT2D eigenvalue weighted by atomic mass is 10.1. The van der Waals surface area contributed by atoms with E-state index < -0.39 is 17.7 Å². The van der Waals surface area contributed by atoms with Crippen LogP contribution in [0.5, 0.6) is 0 Å². The summed E-state index contributed by atoms with van der Waals surface area (Å²) in [4.78, 5) is 33.3. The lowest BCUT2D eigenvalue weighted by Gasteiger charge is -2.31. The highest BCUT2D eigenvalue weighted by atomic mass is 16.6. The SMILES string of the molecule is CCOC(=O)C=Cc1ccc(N(C(=O)OC(C)(C)C)[C@@H]2CCN(Cc3ccc(C)cc3)C2)nc1. The lowest BCUT2D eigenvalue weighted by molar-refractivity contribution is -0.137. The van der Waals surface area contributed by atoms with E-state index in [1.165, 1.54) is 17.2 Å². The van der Waals surface area contributed by atoms with Crippen LogP contribution in [0.25, 0.3) is 6.08 Å². The Morgan fingerprint density at radius 2 is 1.91 bits per heavy atom. The average Bonchev–Trinajstić information content (AvgIpc) is 3.22. The first kappa shape index (κ1) is 25.4. The minimum atomic E-state index is -0.613. The molecule has 0 aliphatic carbocycles. The summed E-state index contributed by atoms with van der Waals surface area (Å²) >= 11 is 0. The zero-order chi connectivity index (χ0) is 24.7. The Kier molecular flexibility index (Phi) is 8.45. The van der Waals surface area contributed by atoms with Gasteiger partial charge in [0.25, 0.3) is 0 Å². The third-order valence-corrected chi connectivity index (χ3v) is 5.45. The number of pyridine rings is 1. The molecule has 0 radical (unpaired) electrons. The fourth-order valence-electron chi connectivity index (χ4n) is 3.85. The maximum absolute atomic E-state index is 13.2. The summed E-state index contributed by atoms with van der Waals surface area (Å²) < 4.78 is 10.6. The molecular formula is C27H35N3O4. The Morgan fingerprint density at radius 1 is 1.18 bits per heavy atom. The molecule has 0 bridgehead atoms. The fourth-order valence-corrected chi connectivity index (χ4v) is 3.85. The van der Waals surface area contributed by atoms with Crippen LogP contribution in [0, 0.1) is 6.92 Å². The molecule has 34 heavy (non-hydrogen) atoms. The summed E-state index contributed by atoms with van der Waals surface area (Å²) in [6.45, 7) is 12.2. The Bertz CT molecular complexity index is 994. The van der Waals surface area contributed by atoms with E-state index >= 15 is 0 Å². The molecule has 1 amide bonds. The highest BCUT2D eigenvalue weighted by molar-refractivity contribution is 5.88. The zero-order valence-corrected chi connectivity index (χ0v) is 20.8. The molecule has 0 spiro atoms. The van der Waals surface area contributed by atoms with Crippen molar-refractivity contribution in [1.29, 1.82) is 0 Å². The number of amides is 1. The van der Waals surface area contributed by atoms with Crippen molar-refractivity contribution in [2.45, 2.75) is 59.2 Å². The molecule has 1 aliphatic heterocycles. The van der Waals surface area contributed by atoms with Crippen molar-refractivity contribution in [1.82, 2.24) is 9.88 Å². The molecular weight excluding hydrogens is 430 g/mol. The number of carbonyl (C=O) groups excluding carboxylic acids is 2. The molecule has 1 aromatic heterocycles. The summed E-state index contributed by atoms with van der Waals surface area (Å²) in [5.41, 5.74) is 2.63. The summed E-state index contributed by atoms with van der Waals surface area (Å²) in [5.74, 6) is 0.131. The van der Waals surface area contributed by atoms with Gasteiger partial charge in [-0.2, -0.15) is 0 Å². The summed E-state index contributed by atoms with van der Waals surface area (Å²) in [6, 6.07) is 12.1.